The number of anilines is 2. The van der Waals surface area contributed by atoms with Crippen LogP contribution in [0.15, 0.2) is 18.2 Å². The first-order chi connectivity index (χ1) is 8.65. The number of carboxylic acids is 1. The summed E-state index contributed by atoms with van der Waals surface area (Å²) >= 11 is 0. The van der Waals surface area contributed by atoms with Crippen LogP contribution in [-0.4, -0.2) is 36.9 Å². The number of carboxylic acid groups (broad SMARTS) is 1. The van der Waals surface area contributed by atoms with Gasteiger partial charge < -0.3 is 10.8 Å². The highest BCUT2D eigenvalue weighted by atomic mass is 32.2. The molecule has 0 aliphatic heterocycles. The van der Waals surface area contributed by atoms with Gasteiger partial charge in [0.25, 0.3) is 0 Å². The third-order valence-corrected chi connectivity index (χ3v) is 4.28. The Hall–Kier alpha value is -1.80. The van der Waals surface area contributed by atoms with E-state index in [2.05, 4.69) is 4.72 Å². The zero-order chi connectivity index (χ0) is 14.8. The van der Waals surface area contributed by atoms with Crippen LogP contribution in [0.3, 0.4) is 0 Å². The van der Waals surface area contributed by atoms with E-state index in [0.717, 1.165) is 4.31 Å². The van der Waals surface area contributed by atoms with Crippen molar-refractivity contribution in [3.8, 4) is 0 Å². The second-order valence-corrected chi connectivity index (χ2v) is 6.06. The van der Waals surface area contributed by atoms with Gasteiger partial charge in [-0.05, 0) is 32.0 Å². The number of nitrogens with zero attached hydrogens (tertiary/aromatic N) is 1. The lowest BCUT2D eigenvalue weighted by Crippen LogP contribution is -2.37. The summed E-state index contributed by atoms with van der Waals surface area (Å²) in [6.45, 7) is 3.42. The zero-order valence-corrected chi connectivity index (χ0v) is 11.7. The Morgan fingerprint density at radius 1 is 1.42 bits per heavy atom. The summed E-state index contributed by atoms with van der Waals surface area (Å²) in [4.78, 5) is 11.1. The van der Waals surface area contributed by atoms with Crippen molar-refractivity contribution < 1.29 is 18.3 Å². The van der Waals surface area contributed by atoms with Crippen LogP contribution in [0.1, 0.15) is 24.2 Å². The molecule has 0 aromatic heterocycles. The summed E-state index contributed by atoms with van der Waals surface area (Å²) in [5, 5.41) is 9.03. The van der Waals surface area contributed by atoms with Crippen molar-refractivity contribution in [1.82, 2.24) is 4.31 Å². The minimum Gasteiger partial charge on any atom is -0.478 e. The predicted octanol–water partition coefficient (Wildman–Crippen LogP) is 0.964. The number of aromatic carboxylic acids is 1. The summed E-state index contributed by atoms with van der Waals surface area (Å²) in [6.07, 6.45) is 0. The number of nitrogens with one attached hydrogen (secondary N) is 1. The highest BCUT2D eigenvalue weighted by Crippen LogP contribution is 2.21. The topological polar surface area (TPSA) is 113 Å². The Kier molecular flexibility index (Phi) is 4.38. The summed E-state index contributed by atoms with van der Waals surface area (Å²) in [5.41, 5.74) is 5.52. The fourth-order valence-electron chi connectivity index (χ4n) is 1.32. The Bertz CT molecular complexity index is 584. The van der Waals surface area contributed by atoms with E-state index >= 15 is 0 Å². The Balaban J connectivity index is 3.16. The molecule has 0 atom stereocenters. The quantitative estimate of drug-likeness (QED) is 0.698. The molecular formula is C11H17N3O4S. The van der Waals surface area contributed by atoms with Crippen LogP contribution in [0.2, 0.25) is 0 Å². The standard InChI is InChI=1S/C11H17N3O4S/c1-7(2)14(3)19(17,18)13-10-5-4-8(12)6-9(10)11(15)16/h4-7,13H,12H2,1-3H3,(H,15,16). The maximum atomic E-state index is 12.0. The largest absolute Gasteiger partial charge is 0.478 e. The molecule has 1 aromatic rings. The van der Waals surface area contributed by atoms with Crippen molar-refractivity contribution in [2.45, 2.75) is 19.9 Å². The summed E-state index contributed by atoms with van der Waals surface area (Å²) in [7, 11) is -2.39. The van der Waals surface area contributed by atoms with Gasteiger partial charge >= 0.3 is 16.2 Å². The predicted molar refractivity (Wildman–Crippen MR) is 73.3 cm³/mol. The van der Waals surface area contributed by atoms with Gasteiger partial charge in [0.05, 0.1) is 11.3 Å². The lowest BCUT2D eigenvalue weighted by molar-refractivity contribution is 0.0698. The van der Waals surface area contributed by atoms with Gasteiger partial charge in [0, 0.05) is 18.8 Å². The van der Waals surface area contributed by atoms with E-state index < -0.39 is 16.2 Å². The third-order valence-electron chi connectivity index (χ3n) is 2.62. The van der Waals surface area contributed by atoms with E-state index in [9.17, 15) is 13.2 Å². The number of benzene rings is 1. The maximum absolute atomic E-state index is 12.0. The molecule has 0 aliphatic carbocycles. The second kappa shape index (κ2) is 5.45. The van der Waals surface area contributed by atoms with Gasteiger partial charge in [-0.15, -0.1) is 0 Å². The molecule has 8 heteroatoms. The third kappa shape index (κ3) is 3.58. The van der Waals surface area contributed by atoms with Crippen molar-refractivity contribution >= 4 is 27.6 Å². The van der Waals surface area contributed by atoms with Crippen molar-refractivity contribution in [3.63, 3.8) is 0 Å². The minimum absolute atomic E-state index is 0.0193. The zero-order valence-electron chi connectivity index (χ0n) is 10.9. The molecule has 7 nitrogen and oxygen atoms in total. The van der Waals surface area contributed by atoms with Crippen molar-refractivity contribution in [1.29, 1.82) is 0 Å². The van der Waals surface area contributed by atoms with E-state index in [1.807, 2.05) is 0 Å². The van der Waals surface area contributed by atoms with Crippen molar-refractivity contribution in [2.75, 3.05) is 17.5 Å². The van der Waals surface area contributed by atoms with Crippen LogP contribution >= 0.6 is 0 Å². The molecular weight excluding hydrogens is 270 g/mol. The molecule has 0 saturated carbocycles. The summed E-state index contributed by atoms with van der Waals surface area (Å²) in [6, 6.07) is 3.71. The Labute approximate surface area is 112 Å². The highest BCUT2D eigenvalue weighted by Gasteiger charge is 2.22. The highest BCUT2D eigenvalue weighted by molar-refractivity contribution is 7.90. The van der Waals surface area contributed by atoms with Crippen LogP contribution in [0.4, 0.5) is 11.4 Å². The normalized spacial score (nSPS) is 11.8. The van der Waals surface area contributed by atoms with Gasteiger partial charge in [-0.2, -0.15) is 12.7 Å². The van der Waals surface area contributed by atoms with Gasteiger partial charge in [0.2, 0.25) is 0 Å². The molecule has 106 valence electrons. The first-order valence-corrected chi connectivity index (χ1v) is 6.97. The smallest absolute Gasteiger partial charge is 0.337 e. The molecule has 0 aliphatic rings. The number of rotatable bonds is 5. The molecule has 19 heavy (non-hydrogen) atoms. The van der Waals surface area contributed by atoms with Crippen LogP contribution < -0.4 is 10.5 Å². The SMILES string of the molecule is CC(C)N(C)S(=O)(=O)Nc1ccc(N)cc1C(=O)O. The Morgan fingerprint density at radius 3 is 2.47 bits per heavy atom. The molecule has 0 spiro atoms. The lowest BCUT2D eigenvalue weighted by Gasteiger charge is -2.22. The average Bonchev–Trinajstić information content (AvgIpc) is 2.29. The van der Waals surface area contributed by atoms with Gasteiger partial charge in [0.1, 0.15) is 0 Å². The number of hydrogen-bond donors (Lipinski definition) is 3. The van der Waals surface area contributed by atoms with E-state index in [1.165, 1.54) is 25.2 Å². The lowest BCUT2D eigenvalue weighted by atomic mass is 10.1. The molecule has 0 unspecified atom stereocenters. The van der Waals surface area contributed by atoms with Crippen LogP contribution in [0.5, 0.6) is 0 Å². The molecule has 0 heterocycles. The summed E-state index contributed by atoms with van der Waals surface area (Å²) < 4.78 is 27.3. The molecule has 0 radical (unpaired) electrons. The van der Waals surface area contributed by atoms with E-state index in [-0.39, 0.29) is 23.0 Å². The monoisotopic (exact) mass is 287 g/mol. The fraction of sp³-hybridized carbons (Fsp3) is 0.364. The first kappa shape index (κ1) is 15.3. The van der Waals surface area contributed by atoms with Gasteiger partial charge in [-0.25, -0.2) is 4.79 Å². The average molecular weight is 287 g/mol. The molecule has 1 aromatic carbocycles. The van der Waals surface area contributed by atoms with Crippen molar-refractivity contribution in [2.24, 2.45) is 0 Å². The van der Waals surface area contributed by atoms with Gasteiger partial charge in [-0.1, -0.05) is 0 Å². The molecule has 4 N–H and O–H groups in total. The molecule has 0 fully saturated rings. The molecule has 0 bridgehead atoms. The van der Waals surface area contributed by atoms with Crippen LogP contribution in [-0.2, 0) is 10.2 Å². The van der Waals surface area contributed by atoms with E-state index in [0.29, 0.717) is 0 Å². The number of nitrogen functional groups attached to an aromatic ring is 1. The minimum atomic E-state index is -3.80. The molecule has 1 rings (SSSR count). The number of nitrogens with two attached hydrogens (primary N) is 1. The van der Waals surface area contributed by atoms with Gasteiger partial charge in [-0.3, -0.25) is 4.72 Å². The maximum Gasteiger partial charge on any atom is 0.337 e. The fourth-order valence-corrected chi connectivity index (χ4v) is 2.47. The first-order valence-electron chi connectivity index (χ1n) is 5.53. The molecule has 0 saturated heterocycles. The van der Waals surface area contributed by atoms with Crippen LogP contribution in [0.25, 0.3) is 0 Å². The molecule has 0 amide bonds. The van der Waals surface area contributed by atoms with E-state index in [1.54, 1.807) is 13.8 Å². The summed E-state index contributed by atoms with van der Waals surface area (Å²) in [5.74, 6) is -1.25. The second-order valence-electron chi connectivity index (χ2n) is 4.33. The van der Waals surface area contributed by atoms with Crippen LogP contribution in [0, 0.1) is 0 Å². The number of hydrogen-bond acceptors (Lipinski definition) is 4. The number of carbonyl (C=O) groups is 1. The van der Waals surface area contributed by atoms with Crippen molar-refractivity contribution in [3.05, 3.63) is 23.8 Å². The Morgan fingerprint density at radius 2 is 2.00 bits per heavy atom. The van der Waals surface area contributed by atoms with E-state index in [4.69, 9.17) is 10.8 Å². The van der Waals surface area contributed by atoms with Gasteiger partial charge in [0.15, 0.2) is 0 Å².